The van der Waals surface area contributed by atoms with Crippen molar-refractivity contribution in [3.05, 3.63) is 0 Å². The van der Waals surface area contributed by atoms with Crippen LogP contribution in [-0.4, -0.2) is 37.2 Å². The van der Waals surface area contributed by atoms with E-state index in [0.717, 1.165) is 6.61 Å². The zero-order valence-corrected chi connectivity index (χ0v) is 8.88. The molecule has 0 radical (unpaired) electrons. The van der Waals surface area contributed by atoms with Gasteiger partial charge in [-0.3, -0.25) is 0 Å². The molecule has 1 atom stereocenters. The molecule has 2 heterocycles. The van der Waals surface area contributed by atoms with Gasteiger partial charge in [-0.25, -0.2) is 0 Å². The number of rotatable bonds is 4. The van der Waals surface area contributed by atoms with Crippen LogP contribution in [-0.2, 0) is 4.74 Å². The van der Waals surface area contributed by atoms with Gasteiger partial charge in [0.15, 0.2) is 0 Å². The Bertz CT molecular complexity index is 173. The lowest BCUT2D eigenvalue weighted by molar-refractivity contribution is 0.226. The van der Waals surface area contributed by atoms with Crippen molar-refractivity contribution in [1.29, 1.82) is 0 Å². The van der Waals surface area contributed by atoms with Gasteiger partial charge in [0.25, 0.3) is 0 Å². The predicted octanol–water partition coefficient (Wildman–Crippen LogP) is 1.90. The van der Waals surface area contributed by atoms with Gasteiger partial charge < -0.3 is 9.64 Å². The van der Waals surface area contributed by atoms with Crippen LogP contribution in [0.4, 0.5) is 0 Å². The van der Waals surface area contributed by atoms with E-state index in [9.17, 15) is 0 Å². The third kappa shape index (κ3) is 2.05. The number of hydrogen-bond donors (Lipinski definition) is 0. The van der Waals surface area contributed by atoms with Gasteiger partial charge in [0.05, 0.1) is 12.7 Å². The number of likely N-dealkylation sites (tertiary alicyclic amines) is 1. The van der Waals surface area contributed by atoms with E-state index in [-0.39, 0.29) is 0 Å². The highest BCUT2D eigenvalue weighted by molar-refractivity contribution is 4.89. The molecule has 2 saturated heterocycles. The van der Waals surface area contributed by atoms with Gasteiger partial charge in [0.1, 0.15) is 0 Å². The molecule has 0 bridgehead atoms. The Morgan fingerprint density at radius 3 is 2.54 bits per heavy atom. The van der Waals surface area contributed by atoms with E-state index < -0.39 is 0 Å². The molecule has 1 unspecified atom stereocenters. The summed E-state index contributed by atoms with van der Waals surface area (Å²) in [5.74, 6) is 0. The standard InChI is InChI=1S/C11H21NO/c1-3-11(4-2)5-6-12(9-11)7-10-8-13-10/h10H,3-9H2,1-2H3. The van der Waals surface area contributed by atoms with Crippen molar-refractivity contribution in [2.45, 2.75) is 39.2 Å². The Morgan fingerprint density at radius 1 is 1.38 bits per heavy atom. The molecular formula is C11H21NO. The summed E-state index contributed by atoms with van der Waals surface area (Å²) in [6.45, 7) is 9.45. The van der Waals surface area contributed by atoms with Crippen LogP contribution in [0.2, 0.25) is 0 Å². The lowest BCUT2D eigenvalue weighted by atomic mass is 9.82. The van der Waals surface area contributed by atoms with E-state index in [1.807, 2.05) is 0 Å². The first-order chi connectivity index (χ1) is 6.28. The second-order valence-electron chi connectivity index (χ2n) is 4.65. The third-order valence-corrected chi connectivity index (χ3v) is 3.88. The second-order valence-corrected chi connectivity index (χ2v) is 4.65. The monoisotopic (exact) mass is 183 g/mol. The molecule has 2 heteroatoms. The normalized spacial score (nSPS) is 32.3. The quantitative estimate of drug-likeness (QED) is 0.619. The summed E-state index contributed by atoms with van der Waals surface area (Å²) < 4.78 is 5.26. The molecule has 0 saturated carbocycles. The SMILES string of the molecule is CCC1(CC)CCN(CC2CO2)C1. The van der Waals surface area contributed by atoms with E-state index in [2.05, 4.69) is 18.7 Å². The second kappa shape index (κ2) is 3.58. The van der Waals surface area contributed by atoms with Gasteiger partial charge in [-0.15, -0.1) is 0 Å². The lowest BCUT2D eigenvalue weighted by Gasteiger charge is -2.26. The molecule has 0 aromatic heterocycles. The highest BCUT2D eigenvalue weighted by atomic mass is 16.6. The maximum atomic E-state index is 5.26. The van der Waals surface area contributed by atoms with Gasteiger partial charge in [-0.2, -0.15) is 0 Å². The molecule has 0 aromatic carbocycles. The fourth-order valence-corrected chi connectivity index (χ4v) is 2.47. The van der Waals surface area contributed by atoms with Gasteiger partial charge in [0.2, 0.25) is 0 Å². The minimum absolute atomic E-state index is 0.574. The minimum atomic E-state index is 0.574. The first-order valence-corrected chi connectivity index (χ1v) is 5.62. The van der Waals surface area contributed by atoms with Gasteiger partial charge >= 0.3 is 0 Å². The Labute approximate surface area is 81.3 Å². The van der Waals surface area contributed by atoms with Crippen LogP contribution in [0.15, 0.2) is 0 Å². The van der Waals surface area contributed by atoms with E-state index in [1.165, 1.54) is 38.9 Å². The summed E-state index contributed by atoms with van der Waals surface area (Å²) in [5, 5.41) is 0. The number of ether oxygens (including phenoxy) is 1. The smallest absolute Gasteiger partial charge is 0.0936 e. The Balaban J connectivity index is 1.83. The largest absolute Gasteiger partial charge is 0.372 e. The summed E-state index contributed by atoms with van der Waals surface area (Å²) in [6.07, 6.45) is 4.65. The predicted molar refractivity (Wildman–Crippen MR) is 53.8 cm³/mol. The molecule has 2 nitrogen and oxygen atoms in total. The molecule has 13 heavy (non-hydrogen) atoms. The van der Waals surface area contributed by atoms with Crippen LogP contribution in [0.3, 0.4) is 0 Å². The van der Waals surface area contributed by atoms with Crippen LogP contribution in [0.5, 0.6) is 0 Å². The van der Waals surface area contributed by atoms with Crippen LogP contribution in [0.1, 0.15) is 33.1 Å². The van der Waals surface area contributed by atoms with E-state index >= 15 is 0 Å². The molecule has 0 aliphatic carbocycles. The van der Waals surface area contributed by atoms with Gasteiger partial charge in [-0.1, -0.05) is 13.8 Å². The zero-order chi connectivity index (χ0) is 9.31. The fourth-order valence-electron chi connectivity index (χ4n) is 2.47. The van der Waals surface area contributed by atoms with Crippen molar-refractivity contribution in [3.8, 4) is 0 Å². The first-order valence-electron chi connectivity index (χ1n) is 5.62. The Kier molecular flexibility index (Phi) is 2.61. The molecule has 0 aromatic rings. The highest BCUT2D eigenvalue weighted by Gasteiger charge is 2.37. The van der Waals surface area contributed by atoms with E-state index in [4.69, 9.17) is 4.74 Å². The van der Waals surface area contributed by atoms with Gasteiger partial charge in [0, 0.05) is 13.1 Å². The summed E-state index contributed by atoms with van der Waals surface area (Å²) in [7, 11) is 0. The molecule has 0 amide bonds. The average molecular weight is 183 g/mol. The number of nitrogens with zero attached hydrogens (tertiary/aromatic N) is 1. The first kappa shape index (κ1) is 9.47. The fraction of sp³-hybridized carbons (Fsp3) is 1.00. The van der Waals surface area contributed by atoms with E-state index in [1.54, 1.807) is 0 Å². The molecule has 2 rings (SSSR count). The summed E-state index contributed by atoms with van der Waals surface area (Å²) in [6, 6.07) is 0. The van der Waals surface area contributed by atoms with Crippen molar-refractivity contribution in [2.24, 2.45) is 5.41 Å². The Hall–Kier alpha value is -0.0800. The lowest BCUT2D eigenvalue weighted by Crippen LogP contribution is -2.29. The average Bonchev–Trinajstić information content (AvgIpc) is 2.86. The summed E-state index contributed by atoms with van der Waals surface area (Å²) in [5.41, 5.74) is 0.634. The van der Waals surface area contributed by atoms with Gasteiger partial charge in [-0.05, 0) is 31.2 Å². The summed E-state index contributed by atoms with van der Waals surface area (Å²) in [4.78, 5) is 2.59. The van der Waals surface area contributed by atoms with Crippen molar-refractivity contribution in [1.82, 2.24) is 4.90 Å². The topological polar surface area (TPSA) is 15.8 Å². The Morgan fingerprint density at radius 2 is 2.08 bits per heavy atom. The zero-order valence-electron chi connectivity index (χ0n) is 8.88. The van der Waals surface area contributed by atoms with E-state index in [0.29, 0.717) is 11.5 Å². The van der Waals surface area contributed by atoms with Crippen molar-refractivity contribution >= 4 is 0 Å². The van der Waals surface area contributed by atoms with Crippen LogP contribution in [0.25, 0.3) is 0 Å². The maximum absolute atomic E-state index is 5.26. The van der Waals surface area contributed by atoms with Crippen molar-refractivity contribution in [3.63, 3.8) is 0 Å². The molecule has 0 spiro atoms. The molecule has 2 aliphatic rings. The molecule has 76 valence electrons. The van der Waals surface area contributed by atoms with Crippen molar-refractivity contribution < 1.29 is 4.74 Å². The summed E-state index contributed by atoms with van der Waals surface area (Å²) >= 11 is 0. The minimum Gasteiger partial charge on any atom is -0.372 e. The van der Waals surface area contributed by atoms with Crippen molar-refractivity contribution in [2.75, 3.05) is 26.2 Å². The van der Waals surface area contributed by atoms with Crippen LogP contribution >= 0.6 is 0 Å². The number of hydrogen-bond acceptors (Lipinski definition) is 2. The molecule has 2 fully saturated rings. The molecular weight excluding hydrogens is 162 g/mol. The van der Waals surface area contributed by atoms with Crippen LogP contribution in [0, 0.1) is 5.41 Å². The van der Waals surface area contributed by atoms with Crippen LogP contribution < -0.4 is 0 Å². The number of epoxide rings is 1. The maximum Gasteiger partial charge on any atom is 0.0936 e. The molecule has 2 aliphatic heterocycles. The third-order valence-electron chi connectivity index (χ3n) is 3.88. The highest BCUT2D eigenvalue weighted by Crippen LogP contribution is 2.37. The molecule has 0 N–H and O–H groups in total.